The molecule has 0 spiro atoms. The van der Waals surface area contributed by atoms with E-state index in [1.807, 2.05) is 6.92 Å². The van der Waals surface area contributed by atoms with Crippen molar-refractivity contribution in [2.45, 2.75) is 49.1 Å². The Bertz CT molecular complexity index is 1270. The van der Waals surface area contributed by atoms with E-state index >= 15 is 0 Å². The maximum absolute atomic E-state index is 13.2. The van der Waals surface area contributed by atoms with E-state index in [9.17, 15) is 24.3 Å². The summed E-state index contributed by atoms with van der Waals surface area (Å²) in [7, 11) is 0. The van der Waals surface area contributed by atoms with E-state index in [2.05, 4.69) is 15.5 Å². The number of fused-ring (bicyclic) bond motifs is 1. The Labute approximate surface area is 219 Å². The van der Waals surface area contributed by atoms with Gasteiger partial charge in [0, 0.05) is 11.5 Å². The number of hydrogen-bond acceptors (Lipinski definition) is 10. The second kappa shape index (κ2) is 10.2. The molecule has 1 fully saturated rings. The minimum Gasteiger partial charge on any atom is -0.478 e. The molecule has 2 aromatic rings. The van der Waals surface area contributed by atoms with Crippen LogP contribution in [-0.4, -0.2) is 72.5 Å². The normalized spacial score (nSPS) is 19.4. The molecule has 190 valence electrons. The molecule has 4 rings (SSSR count). The zero-order valence-electron chi connectivity index (χ0n) is 19.9. The van der Waals surface area contributed by atoms with Gasteiger partial charge >= 0.3 is 11.9 Å². The summed E-state index contributed by atoms with van der Waals surface area (Å²) in [4.78, 5) is 52.1. The first-order valence-electron chi connectivity index (χ1n) is 10.9. The summed E-state index contributed by atoms with van der Waals surface area (Å²) in [5, 5.41) is 20.5. The molecule has 1 unspecified atom stereocenters. The minimum atomic E-state index is -1.24. The number of amides is 2. The third-order valence-corrected chi connectivity index (χ3v) is 8.60. The van der Waals surface area contributed by atoms with Crippen molar-refractivity contribution in [1.82, 2.24) is 20.4 Å². The quantitative estimate of drug-likeness (QED) is 0.302. The molecule has 1 saturated heterocycles. The number of nitrogens with zero attached hydrogens (tertiary/aromatic N) is 3. The number of aryl methyl sites for hydroxylation is 1. The fourth-order valence-electron chi connectivity index (χ4n) is 3.68. The Kier molecular flexibility index (Phi) is 7.43. The van der Waals surface area contributed by atoms with Crippen molar-refractivity contribution < 1.29 is 29.0 Å². The lowest BCUT2D eigenvalue weighted by atomic mass is 10.0. The maximum Gasteiger partial charge on any atom is 0.355 e. The van der Waals surface area contributed by atoms with Crippen LogP contribution in [0, 0.1) is 6.92 Å². The van der Waals surface area contributed by atoms with Crippen LogP contribution in [0.2, 0.25) is 0 Å². The lowest BCUT2D eigenvalue weighted by Crippen LogP contribution is -2.70. The van der Waals surface area contributed by atoms with E-state index in [-0.39, 0.29) is 16.8 Å². The number of nitrogens with one attached hydrogen (secondary N) is 1. The number of thioether (sulfide) groups is 2. The van der Waals surface area contributed by atoms with Crippen molar-refractivity contribution in [3.8, 4) is 0 Å². The molecule has 0 radical (unpaired) electrons. The van der Waals surface area contributed by atoms with Crippen LogP contribution in [0.5, 0.6) is 0 Å². The zero-order valence-corrected chi connectivity index (χ0v) is 22.4. The maximum atomic E-state index is 13.2. The number of carbonyl (C=O) groups is 4. The predicted octanol–water partition coefficient (Wildman–Crippen LogP) is 2.95. The van der Waals surface area contributed by atoms with Gasteiger partial charge in [0.15, 0.2) is 4.34 Å². The molecule has 0 aliphatic carbocycles. The van der Waals surface area contributed by atoms with Gasteiger partial charge in [0.1, 0.15) is 27.7 Å². The second-order valence-corrected chi connectivity index (χ2v) is 12.6. The number of carboxylic acids is 1. The number of aromatic carboxylic acids is 1. The molecule has 0 bridgehead atoms. The Balaban J connectivity index is 1.56. The monoisotopic (exact) mass is 548 g/mol. The van der Waals surface area contributed by atoms with Crippen LogP contribution in [0.4, 0.5) is 0 Å². The van der Waals surface area contributed by atoms with Crippen molar-refractivity contribution in [2.75, 3.05) is 11.5 Å². The zero-order chi connectivity index (χ0) is 26.2. The van der Waals surface area contributed by atoms with Crippen LogP contribution in [0.15, 0.2) is 39.9 Å². The molecular formula is C23H24N4O6S3. The largest absolute Gasteiger partial charge is 0.478 e. The van der Waals surface area contributed by atoms with Gasteiger partial charge in [-0.25, -0.2) is 9.59 Å². The van der Waals surface area contributed by atoms with Gasteiger partial charge in [-0.2, -0.15) is 0 Å². The Morgan fingerprint density at radius 1 is 1.22 bits per heavy atom. The summed E-state index contributed by atoms with van der Waals surface area (Å²) < 4.78 is 6.36. The van der Waals surface area contributed by atoms with E-state index in [0.29, 0.717) is 11.5 Å². The molecule has 10 nitrogen and oxygen atoms in total. The lowest BCUT2D eigenvalue weighted by Gasteiger charge is -2.50. The van der Waals surface area contributed by atoms with Crippen LogP contribution < -0.4 is 5.32 Å². The van der Waals surface area contributed by atoms with Crippen molar-refractivity contribution in [2.24, 2.45) is 0 Å². The van der Waals surface area contributed by atoms with Gasteiger partial charge in [0.05, 0.1) is 11.1 Å². The van der Waals surface area contributed by atoms with E-state index in [1.54, 1.807) is 26.8 Å². The molecule has 2 aliphatic rings. The highest BCUT2D eigenvalue weighted by Gasteiger charge is 2.54. The number of aromatic nitrogens is 2. The number of benzene rings is 1. The van der Waals surface area contributed by atoms with Crippen LogP contribution in [0.1, 0.15) is 46.5 Å². The molecule has 1 aromatic carbocycles. The van der Waals surface area contributed by atoms with Gasteiger partial charge in [0.25, 0.3) is 11.8 Å². The van der Waals surface area contributed by atoms with E-state index in [4.69, 9.17) is 4.74 Å². The number of hydrogen-bond donors (Lipinski definition) is 2. The average Bonchev–Trinajstić information content (AvgIpc) is 3.24. The summed E-state index contributed by atoms with van der Waals surface area (Å²) >= 11 is 4.30. The summed E-state index contributed by atoms with van der Waals surface area (Å²) in [5.74, 6) is -2.09. The van der Waals surface area contributed by atoms with Gasteiger partial charge < -0.3 is 15.2 Å². The molecule has 36 heavy (non-hydrogen) atoms. The fourth-order valence-corrected chi connectivity index (χ4v) is 6.98. The van der Waals surface area contributed by atoms with E-state index in [1.165, 1.54) is 58.0 Å². The number of carboxylic acid groups (broad SMARTS) is 1. The third kappa shape index (κ3) is 5.42. The minimum absolute atomic E-state index is 0.0376. The SMILES string of the molecule is Cc1nnc(SCC2=C(C(=O)OC(C)(C)C)N3C(=O)C(NC(=O)c4ccccc4C(=O)O)[C@H]3SC2)s1. The second-order valence-electron chi connectivity index (χ2n) is 9.04. The van der Waals surface area contributed by atoms with Gasteiger partial charge in [-0.1, -0.05) is 35.2 Å². The van der Waals surface area contributed by atoms with Gasteiger partial charge in [0.2, 0.25) is 0 Å². The van der Waals surface area contributed by atoms with Crippen molar-refractivity contribution in [3.05, 3.63) is 51.7 Å². The molecule has 2 aliphatic heterocycles. The molecule has 0 saturated carbocycles. The van der Waals surface area contributed by atoms with Gasteiger partial charge in [-0.15, -0.1) is 22.0 Å². The Morgan fingerprint density at radius 3 is 2.53 bits per heavy atom. The highest BCUT2D eigenvalue weighted by atomic mass is 32.2. The van der Waals surface area contributed by atoms with Gasteiger partial charge in [-0.05, 0) is 45.4 Å². The van der Waals surface area contributed by atoms with Crippen LogP contribution >= 0.6 is 34.9 Å². The number of rotatable bonds is 7. The predicted molar refractivity (Wildman–Crippen MR) is 136 cm³/mol. The van der Waals surface area contributed by atoms with Crippen LogP contribution in [0.3, 0.4) is 0 Å². The number of β-lactam (4-membered cyclic amide) rings is 1. The smallest absolute Gasteiger partial charge is 0.355 e. The third-order valence-electron chi connectivity index (χ3n) is 5.21. The summed E-state index contributed by atoms with van der Waals surface area (Å²) in [6.07, 6.45) is 0. The lowest BCUT2D eigenvalue weighted by molar-refractivity contribution is -0.158. The molecule has 13 heteroatoms. The van der Waals surface area contributed by atoms with E-state index in [0.717, 1.165) is 14.9 Å². The van der Waals surface area contributed by atoms with Crippen LogP contribution in [-0.2, 0) is 14.3 Å². The topological polar surface area (TPSA) is 139 Å². The first-order valence-corrected chi connectivity index (χ1v) is 13.8. The summed E-state index contributed by atoms with van der Waals surface area (Å²) in [5.41, 5.74) is -0.0395. The van der Waals surface area contributed by atoms with Crippen molar-refractivity contribution in [3.63, 3.8) is 0 Å². The van der Waals surface area contributed by atoms with Crippen LogP contribution in [0.25, 0.3) is 0 Å². The first-order chi connectivity index (χ1) is 17.0. The van der Waals surface area contributed by atoms with Crippen molar-refractivity contribution >= 4 is 58.6 Å². The highest BCUT2D eigenvalue weighted by Crippen LogP contribution is 2.42. The molecule has 2 atom stereocenters. The molecule has 1 aromatic heterocycles. The van der Waals surface area contributed by atoms with Crippen molar-refractivity contribution in [1.29, 1.82) is 0 Å². The first kappa shape index (κ1) is 26.2. The molecule has 3 heterocycles. The highest BCUT2D eigenvalue weighted by molar-refractivity contribution is 8.01. The summed E-state index contributed by atoms with van der Waals surface area (Å²) in [6.45, 7) is 7.11. The average molecular weight is 549 g/mol. The number of esters is 1. The number of carbonyl (C=O) groups excluding carboxylic acids is 3. The Morgan fingerprint density at radius 2 is 1.92 bits per heavy atom. The molecule has 2 amide bonds. The Hall–Kier alpha value is -2.90. The molecule has 2 N–H and O–H groups in total. The fraction of sp³-hybridized carbons (Fsp3) is 0.391. The van der Waals surface area contributed by atoms with Gasteiger partial charge in [-0.3, -0.25) is 14.5 Å². The summed E-state index contributed by atoms with van der Waals surface area (Å²) in [6, 6.07) is 4.90. The van der Waals surface area contributed by atoms with E-state index < -0.39 is 40.8 Å². The number of ether oxygens (including phenoxy) is 1. The standard InChI is InChI=1S/C23H24N4O6S3/c1-11-25-26-22(36-11)35-10-12-9-34-19-15(18(29)27(19)16(12)21(32)33-23(2,3)4)24-17(28)13-7-5-6-8-14(13)20(30)31/h5-8,15,19H,9-10H2,1-4H3,(H,24,28)(H,30,31)/t15?,19-/m1/s1. The molecular weight excluding hydrogens is 524 g/mol.